The van der Waals surface area contributed by atoms with Crippen molar-refractivity contribution in [2.24, 2.45) is 4.99 Å². The van der Waals surface area contributed by atoms with Crippen LogP contribution in [-0.4, -0.2) is 55.5 Å². The highest BCUT2D eigenvalue weighted by atomic mass is 16.3. The molecule has 0 radical (unpaired) electrons. The molecule has 0 spiro atoms. The minimum Gasteiger partial charge on any atom is -0.465 e. The molecule has 2 aliphatic heterocycles. The van der Waals surface area contributed by atoms with Crippen LogP contribution in [0.3, 0.4) is 0 Å². The molecule has 3 rings (SSSR count). The van der Waals surface area contributed by atoms with Crippen LogP contribution in [-0.2, 0) is 0 Å². The van der Waals surface area contributed by atoms with E-state index < -0.39 is 0 Å². The standard InChI is InChI=1S/C15H24N4O/c1-12-5-6-14(20-12)13(19-8-3-4-9-19)11-17-15-16-7-10-18(15)2/h5-6,13H,3-4,7-11H2,1-2H3,(H,16,17). The Balaban J connectivity index is 1.69. The van der Waals surface area contributed by atoms with E-state index >= 15 is 0 Å². The first kappa shape index (κ1) is 13.5. The molecule has 1 saturated heterocycles. The van der Waals surface area contributed by atoms with Crippen LogP contribution in [0.2, 0.25) is 0 Å². The van der Waals surface area contributed by atoms with Crippen LogP contribution in [0, 0.1) is 6.92 Å². The Morgan fingerprint density at radius 3 is 2.70 bits per heavy atom. The minimum atomic E-state index is 0.308. The first-order chi connectivity index (χ1) is 9.74. The van der Waals surface area contributed by atoms with Gasteiger partial charge in [-0.2, -0.15) is 0 Å². The summed E-state index contributed by atoms with van der Waals surface area (Å²) in [5, 5.41) is 3.49. The number of nitrogens with zero attached hydrogens (tertiary/aromatic N) is 3. The zero-order valence-corrected chi connectivity index (χ0v) is 12.4. The summed E-state index contributed by atoms with van der Waals surface area (Å²) in [5.74, 6) is 3.06. The van der Waals surface area contributed by atoms with Crippen LogP contribution in [0.15, 0.2) is 21.5 Å². The fourth-order valence-electron chi connectivity index (χ4n) is 3.01. The van der Waals surface area contributed by atoms with Crippen LogP contribution in [0.5, 0.6) is 0 Å². The predicted octanol–water partition coefficient (Wildman–Crippen LogP) is 1.62. The molecule has 20 heavy (non-hydrogen) atoms. The monoisotopic (exact) mass is 276 g/mol. The molecule has 5 nitrogen and oxygen atoms in total. The maximum atomic E-state index is 5.86. The van der Waals surface area contributed by atoms with Crippen LogP contribution in [0.25, 0.3) is 0 Å². The molecule has 3 heterocycles. The average molecular weight is 276 g/mol. The van der Waals surface area contributed by atoms with Gasteiger partial charge in [-0.05, 0) is 45.0 Å². The third-order valence-electron chi connectivity index (χ3n) is 4.18. The second kappa shape index (κ2) is 5.87. The maximum absolute atomic E-state index is 5.86. The summed E-state index contributed by atoms with van der Waals surface area (Å²) in [7, 11) is 2.08. The molecular formula is C15H24N4O. The van der Waals surface area contributed by atoms with E-state index in [1.807, 2.05) is 6.92 Å². The lowest BCUT2D eigenvalue weighted by Gasteiger charge is -2.27. The Morgan fingerprint density at radius 1 is 1.30 bits per heavy atom. The van der Waals surface area contributed by atoms with Gasteiger partial charge in [0.2, 0.25) is 0 Å². The Morgan fingerprint density at radius 2 is 2.10 bits per heavy atom. The molecule has 0 amide bonds. The van der Waals surface area contributed by atoms with Gasteiger partial charge in [0.25, 0.3) is 0 Å². The number of likely N-dealkylation sites (tertiary alicyclic amines) is 1. The topological polar surface area (TPSA) is 44.0 Å². The van der Waals surface area contributed by atoms with E-state index in [2.05, 4.69) is 39.3 Å². The highest BCUT2D eigenvalue weighted by Crippen LogP contribution is 2.26. The summed E-state index contributed by atoms with van der Waals surface area (Å²) in [4.78, 5) is 9.19. The number of guanidine groups is 1. The Hall–Kier alpha value is -1.49. The van der Waals surface area contributed by atoms with Crippen molar-refractivity contribution in [3.05, 3.63) is 23.7 Å². The number of hydrogen-bond acceptors (Lipinski definition) is 5. The van der Waals surface area contributed by atoms with Gasteiger partial charge in [-0.3, -0.25) is 9.89 Å². The van der Waals surface area contributed by atoms with E-state index in [9.17, 15) is 0 Å². The molecule has 0 aromatic carbocycles. The fraction of sp³-hybridized carbons (Fsp3) is 0.667. The Kier molecular flexibility index (Phi) is 3.96. The minimum absolute atomic E-state index is 0.308. The van der Waals surface area contributed by atoms with E-state index in [4.69, 9.17) is 4.42 Å². The number of furan rings is 1. The van der Waals surface area contributed by atoms with Gasteiger partial charge in [0.1, 0.15) is 11.5 Å². The second-order valence-electron chi connectivity index (χ2n) is 5.72. The third kappa shape index (κ3) is 2.82. The average Bonchev–Trinajstić information content (AvgIpc) is 3.14. The fourth-order valence-corrected chi connectivity index (χ4v) is 3.01. The smallest absolute Gasteiger partial charge is 0.193 e. The van der Waals surface area contributed by atoms with Gasteiger partial charge >= 0.3 is 0 Å². The molecule has 1 N–H and O–H groups in total. The second-order valence-corrected chi connectivity index (χ2v) is 5.72. The van der Waals surface area contributed by atoms with Crippen molar-refractivity contribution in [2.75, 3.05) is 39.8 Å². The first-order valence-electron chi connectivity index (χ1n) is 7.54. The summed E-state index contributed by atoms with van der Waals surface area (Å²) >= 11 is 0. The van der Waals surface area contributed by atoms with Crippen molar-refractivity contribution in [3.63, 3.8) is 0 Å². The molecule has 1 fully saturated rings. The number of rotatable bonds is 4. The summed E-state index contributed by atoms with van der Waals surface area (Å²) in [6.07, 6.45) is 2.58. The SMILES string of the molecule is Cc1ccc(C(CNC2=NCCN2C)N2CCCC2)o1. The first-order valence-corrected chi connectivity index (χ1v) is 7.54. The molecule has 1 atom stereocenters. The molecule has 110 valence electrons. The lowest BCUT2D eigenvalue weighted by Crippen LogP contribution is -2.41. The number of aryl methyl sites for hydroxylation is 1. The van der Waals surface area contributed by atoms with Crippen LogP contribution in [0.4, 0.5) is 0 Å². The van der Waals surface area contributed by atoms with Gasteiger partial charge in [0, 0.05) is 20.1 Å². The number of likely N-dealkylation sites (N-methyl/N-ethyl adjacent to an activating group) is 1. The highest BCUT2D eigenvalue weighted by molar-refractivity contribution is 5.81. The maximum Gasteiger partial charge on any atom is 0.193 e. The van der Waals surface area contributed by atoms with Crippen molar-refractivity contribution in [1.29, 1.82) is 0 Å². The van der Waals surface area contributed by atoms with Crippen LogP contribution in [0.1, 0.15) is 30.4 Å². The lowest BCUT2D eigenvalue weighted by molar-refractivity contribution is 0.213. The summed E-state index contributed by atoms with van der Waals surface area (Å²) in [5.41, 5.74) is 0. The number of aliphatic imine (C=N–C) groups is 1. The van der Waals surface area contributed by atoms with E-state index in [-0.39, 0.29) is 0 Å². The highest BCUT2D eigenvalue weighted by Gasteiger charge is 2.26. The van der Waals surface area contributed by atoms with Gasteiger partial charge in [-0.15, -0.1) is 0 Å². The van der Waals surface area contributed by atoms with Gasteiger partial charge in [-0.25, -0.2) is 0 Å². The third-order valence-corrected chi connectivity index (χ3v) is 4.18. The zero-order valence-electron chi connectivity index (χ0n) is 12.4. The lowest BCUT2D eigenvalue weighted by atomic mass is 10.2. The summed E-state index contributed by atoms with van der Waals surface area (Å²) < 4.78 is 5.86. The van der Waals surface area contributed by atoms with E-state index in [0.717, 1.165) is 50.2 Å². The van der Waals surface area contributed by atoms with Gasteiger partial charge in [0.05, 0.1) is 12.6 Å². The van der Waals surface area contributed by atoms with Crippen molar-refractivity contribution in [1.82, 2.24) is 15.1 Å². The normalized spacial score (nSPS) is 21.3. The molecule has 5 heteroatoms. The largest absolute Gasteiger partial charge is 0.465 e. The van der Waals surface area contributed by atoms with Crippen molar-refractivity contribution in [3.8, 4) is 0 Å². The Bertz CT molecular complexity index is 476. The van der Waals surface area contributed by atoms with E-state index in [0.29, 0.717) is 6.04 Å². The molecule has 2 aliphatic rings. The van der Waals surface area contributed by atoms with Gasteiger partial charge < -0.3 is 14.6 Å². The summed E-state index contributed by atoms with van der Waals surface area (Å²) in [6, 6.07) is 4.47. The molecule has 1 unspecified atom stereocenters. The molecular weight excluding hydrogens is 252 g/mol. The molecule has 1 aromatic heterocycles. The molecule has 1 aromatic rings. The predicted molar refractivity (Wildman–Crippen MR) is 79.9 cm³/mol. The van der Waals surface area contributed by atoms with Crippen molar-refractivity contribution in [2.45, 2.75) is 25.8 Å². The molecule has 0 aliphatic carbocycles. The van der Waals surface area contributed by atoms with E-state index in [1.165, 1.54) is 12.8 Å². The van der Waals surface area contributed by atoms with E-state index in [1.54, 1.807) is 0 Å². The van der Waals surface area contributed by atoms with Crippen LogP contribution >= 0.6 is 0 Å². The van der Waals surface area contributed by atoms with Crippen LogP contribution < -0.4 is 5.32 Å². The number of nitrogens with one attached hydrogen (secondary N) is 1. The van der Waals surface area contributed by atoms with Gasteiger partial charge in [0.15, 0.2) is 5.96 Å². The Labute approximate surface area is 120 Å². The molecule has 0 saturated carbocycles. The quantitative estimate of drug-likeness (QED) is 0.907. The number of hydrogen-bond donors (Lipinski definition) is 1. The zero-order chi connectivity index (χ0) is 13.9. The molecule has 0 bridgehead atoms. The van der Waals surface area contributed by atoms with Gasteiger partial charge in [-0.1, -0.05) is 0 Å². The van der Waals surface area contributed by atoms with Crippen molar-refractivity contribution >= 4 is 5.96 Å². The van der Waals surface area contributed by atoms with Crippen molar-refractivity contribution < 1.29 is 4.42 Å². The summed E-state index contributed by atoms with van der Waals surface area (Å²) in [6.45, 7) is 7.09.